The predicted octanol–water partition coefficient (Wildman–Crippen LogP) is 14.1. The van der Waals surface area contributed by atoms with Crippen LogP contribution in [-0.2, 0) is 5.41 Å². The van der Waals surface area contributed by atoms with Gasteiger partial charge in [0.05, 0.1) is 22.2 Å². The van der Waals surface area contributed by atoms with Crippen LogP contribution in [-0.4, -0.2) is 19.5 Å². The Morgan fingerprint density at radius 2 is 1.03 bits per heavy atom. The minimum Gasteiger partial charge on any atom is -0.455 e. The molecule has 0 spiro atoms. The number of para-hydroxylation sites is 4. The first-order valence-electron chi connectivity index (χ1n) is 20.4. The summed E-state index contributed by atoms with van der Waals surface area (Å²) in [5.74, 6) is 1.63. The van der Waals surface area contributed by atoms with Crippen molar-refractivity contribution in [3.63, 3.8) is 0 Å². The van der Waals surface area contributed by atoms with Crippen molar-refractivity contribution in [1.29, 1.82) is 0 Å². The first-order chi connectivity index (χ1) is 29.5. The zero-order chi connectivity index (χ0) is 39.7. The molecule has 60 heavy (non-hydrogen) atoms. The molecule has 0 fully saturated rings. The van der Waals surface area contributed by atoms with Gasteiger partial charge in [0.2, 0.25) is 0 Å². The second-order valence-corrected chi connectivity index (χ2v) is 16.3. The Labute approximate surface area is 344 Å². The Hall–Kier alpha value is -7.83. The Bertz CT molecular complexity index is 3760. The lowest BCUT2D eigenvalue weighted by Gasteiger charge is -2.23. The van der Waals surface area contributed by atoms with Crippen LogP contribution < -0.4 is 0 Å². The molecule has 0 saturated heterocycles. The summed E-state index contributed by atoms with van der Waals surface area (Å²) in [6, 6.07) is 59.4. The monoisotopic (exact) mass is 770 g/mol. The van der Waals surface area contributed by atoms with Crippen LogP contribution in [0.2, 0.25) is 0 Å². The molecule has 0 amide bonds. The van der Waals surface area contributed by atoms with E-state index in [0.29, 0.717) is 17.5 Å². The highest BCUT2D eigenvalue weighted by atomic mass is 16.3. The van der Waals surface area contributed by atoms with E-state index in [1.54, 1.807) is 0 Å². The van der Waals surface area contributed by atoms with Crippen LogP contribution in [0.25, 0.3) is 117 Å². The summed E-state index contributed by atoms with van der Waals surface area (Å²) in [5.41, 5.74) is 14.2. The van der Waals surface area contributed by atoms with E-state index in [1.165, 1.54) is 44.1 Å². The van der Waals surface area contributed by atoms with E-state index in [9.17, 15) is 0 Å². The lowest BCUT2D eigenvalue weighted by molar-refractivity contribution is 0.663. The molecule has 0 saturated carbocycles. The molecule has 4 aromatic heterocycles. The molecule has 13 rings (SSSR count). The maximum atomic E-state index is 6.81. The van der Waals surface area contributed by atoms with Gasteiger partial charge >= 0.3 is 0 Å². The second-order valence-electron chi connectivity index (χ2n) is 16.3. The number of hydrogen-bond donors (Lipinski definition) is 0. The molecule has 6 nitrogen and oxygen atoms in total. The molecule has 1 aliphatic rings. The Morgan fingerprint density at radius 3 is 1.82 bits per heavy atom. The minimum atomic E-state index is -0.184. The maximum Gasteiger partial charge on any atom is 0.167 e. The lowest BCUT2D eigenvalue weighted by atomic mass is 9.81. The van der Waals surface area contributed by atoms with E-state index in [2.05, 4.69) is 122 Å². The largest absolute Gasteiger partial charge is 0.455 e. The van der Waals surface area contributed by atoms with Crippen LogP contribution in [0.1, 0.15) is 25.0 Å². The van der Waals surface area contributed by atoms with Gasteiger partial charge in [-0.05, 0) is 64.7 Å². The molecule has 0 bridgehead atoms. The van der Waals surface area contributed by atoms with Gasteiger partial charge < -0.3 is 13.4 Å². The van der Waals surface area contributed by atoms with Gasteiger partial charge in [-0.1, -0.05) is 141 Å². The van der Waals surface area contributed by atoms with Crippen molar-refractivity contribution >= 4 is 65.7 Å². The van der Waals surface area contributed by atoms with Crippen molar-refractivity contribution in [1.82, 2.24) is 19.5 Å². The smallest absolute Gasteiger partial charge is 0.167 e. The molecular weight excluding hydrogens is 737 g/mol. The summed E-state index contributed by atoms with van der Waals surface area (Å²) in [6.45, 7) is 4.72. The van der Waals surface area contributed by atoms with Gasteiger partial charge in [0, 0.05) is 49.0 Å². The van der Waals surface area contributed by atoms with E-state index >= 15 is 0 Å². The molecule has 0 atom stereocenters. The minimum absolute atomic E-state index is 0.184. The number of aromatic nitrogens is 4. The van der Waals surface area contributed by atoms with Gasteiger partial charge in [0.15, 0.2) is 17.5 Å². The second kappa shape index (κ2) is 12.1. The lowest BCUT2D eigenvalue weighted by Crippen LogP contribution is -2.16. The third-order valence-corrected chi connectivity index (χ3v) is 12.6. The topological polar surface area (TPSA) is 69.9 Å². The van der Waals surface area contributed by atoms with Crippen LogP contribution in [0.4, 0.5) is 0 Å². The summed E-state index contributed by atoms with van der Waals surface area (Å²) in [6.07, 6.45) is 0. The number of hydrogen-bond acceptors (Lipinski definition) is 5. The molecule has 12 aromatic rings. The molecule has 0 N–H and O–H groups in total. The third kappa shape index (κ3) is 4.56. The zero-order valence-corrected chi connectivity index (χ0v) is 32.8. The highest BCUT2D eigenvalue weighted by Crippen LogP contribution is 2.53. The van der Waals surface area contributed by atoms with Crippen LogP contribution >= 0.6 is 0 Å². The third-order valence-electron chi connectivity index (χ3n) is 12.6. The van der Waals surface area contributed by atoms with E-state index in [-0.39, 0.29) is 5.41 Å². The number of rotatable bonds is 4. The molecule has 282 valence electrons. The van der Waals surface area contributed by atoms with Crippen molar-refractivity contribution in [3.05, 3.63) is 181 Å². The maximum absolute atomic E-state index is 6.81. The number of fused-ring (bicyclic) bond motifs is 13. The fourth-order valence-corrected chi connectivity index (χ4v) is 9.94. The summed E-state index contributed by atoms with van der Waals surface area (Å²) in [7, 11) is 0. The van der Waals surface area contributed by atoms with E-state index in [1.807, 2.05) is 66.7 Å². The van der Waals surface area contributed by atoms with E-state index < -0.39 is 0 Å². The van der Waals surface area contributed by atoms with Crippen LogP contribution in [0.5, 0.6) is 0 Å². The van der Waals surface area contributed by atoms with Gasteiger partial charge in [-0.25, -0.2) is 15.0 Å². The van der Waals surface area contributed by atoms with Crippen LogP contribution in [0.3, 0.4) is 0 Å². The molecule has 0 unspecified atom stereocenters. The number of furan rings is 2. The highest BCUT2D eigenvalue weighted by Gasteiger charge is 2.38. The first-order valence-corrected chi connectivity index (χ1v) is 20.4. The fourth-order valence-electron chi connectivity index (χ4n) is 9.94. The van der Waals surface area contributed by atoms with E-state index in [4.69, 9.17) is 23.8 Å². The summed E-state index contributed by atoms with van der Waals surface area (Å²) in [4.78, 5) is 15.4. The molecule has 4 heterocycles. The summed E-state index contributed by atoms with van der Waals surface area (Å²) in [5, 5.41) is 6.57. The number of benzene rings is 8. The zero-order valence-electron chi connectivity index (χ0n) is 32.8. The molecule has 0 radical (unpaired) electrons. The summed E-state index contributed by atoms with van der Waals surface area (Å²) < 4.78 is 15.7. The van der Waals surface area contributed by atoms with Crippen molar-refractivity contribution in [2.75, 3.05) is 0 Å². The fraction of sp³-hybridized carbons (Fsp3) is 0.0556. The summed E-state index contributed by atoms with van der Waals surface area (Å²) >= 11 is 0. The van der Waals surface area contributed by atoms with E-state index in [0.717, 1.165) is 66.3 Å². The Morgan fingerprint density at radius 1 is 0.433 bits per heavy atom. The van der Waals surface area contributed by atoms with Gasteiger partial charge in [0.1, 0.15) is 22.3 Å². The van der Waals surface area contributed by atoms with Crippen molar-refractivity contribution in [2.24, 2.45) is 0 Å². The van der Waals surface area contributed by atoms with Crippen LogP contribution in [0, 0.1) is 0 Å². The van der Waals surface area contributed by atoms with Gasteiger partial charge in [0.25, 0.3) is 0 Å². The van der Waals surface area contributed by atoms with Crippen LogP contribution in [0.15, 0.2) is 179 Å². The quantitative estimate of drug-likeness (QED) is 0.178. The normalized spacial score (nSPS) is 13.3. The molecule has 1 aliphatic carbocycles. The predicted molar refractivity (Wildman–Crippen MR) is 243 cm³/mol. The van der Waals surface area contributed by atoms with Gasteiger partial charge in [-0.3, -0.25) is 0 Å². The molecular formula is C54H34N4O2. The van der Waals surface area contributed by atoms with Gasteiger partial charge in [-0.2, -0.15) is 0 Å². The SMILES string of the molecule is CC1(C)c2ccccc2-c2ccc3c4ccccc4n(-c4ccc5oc6c(-c7nc(-c8ccccc8)nc(-c8cccc9c8oc8ccccc89)n7)cccc6c5c4)c3c21. The standard InChI is InChI=1S/C54H34N4O2/c1-54(2)43-23-9-6-16-33(43)36-27-28-37-34-17-7-10-24-44(34)58(48(37)47(36)54)32-26-29-46-42(30-32)39-20-13-22-41(50(39)60-46)53-56-51(31-14-4-3-5-15-31)55-52(57-53)40-21-12-19-38-35-18-8-11-25-45(35)59-49(38)40/h3-30H,1-2H3. The number of nitrogens with zero attached hydrogens (tertiary/aromatic N) is 4. The van der Waals surface area contributed by atoms with Crippen molar-refractivity contribution < 1.29 is 8.83 Å². The average Bonchev–Trinajstić information content (AvgIpc) is 4.03. The molecule has 6 heteroatoms. The molecule has 8 aromatic carbocycles. The Balaban J connectivity index is 1.03. The van der Waals surface area contributed by atoms with Gasteiger partial charge in [-0.15, -0.1) is 0 Å². The first kappa shape index (κ1) is 33.2. The van der Waals surface area contributed by atoms with Crippen molar-refractivity contribution in [2.45, 2.75) is 19.3 Å². The van der Waals surface area contributed by atoms with Crippen molar-refractivity contribution in [3.8, 4) is 51.0 Å². The highest BCUT2D eigenvalue weighted by molar-refractivity contribution is 6.15. The molecule has 0 aliphatic heterocycles. The Kier molecular flexibility index (Phi) is 6.69. The average molecular weight is 771 g/mol.